The number of morpholine rings is 1. The molecule has 0 aromatic heterocycles. The summed E-state index contributed by atoms with van der Waals surface area (Å²) < 4.78 is 11.3. The lowest BCUT2D eigenvalue weighted by Gasteiger charge is -2.34. The number of nitrogens with zero attached hydrogens (tertiary/aromatic N) is 1. The van der Waals surface area contributed by atoms with E-state index in [1.54, 1.807) is 0 Å². The summed E-state index contributed by atoms with van der Waals surface area (Å²) in [4.78, 5) is 12.3. The van der Waals surface area contributed by atoms with Crippen LogP contribution in [-0.2, 0) is 16.1 Å². The fraction of sp³-hybridized carbons (Fsp3) is 0.500. The van der Waals surface area contributed by atoms with Gasteiger partial charge in [0.1, 0.15) is 0 Å². The Morgan fingerprint density at radius 3 is 2.84 bits per heavy atom. The lowest BCUT2D eigenvalue weighted by atomic mass is 10.2. The first-order valence-corrected chi connectivity index (χ1v) is 6.40. The van der Waals surface area contributed by atoms with Gasteiger partial charge in [-0.15, -0.1) is 0 Å². The Labute approximate surface area is 112 Å². The molecule has 1 heterocycles. The summed E-state index contributed by atoms with van der Waals surface area (Å²) >= 11 is 0. The van der Waals surface area contributed by atoms with Gasteiger partial charge in [0.05, 0.1) is 38.5 Å². The van der Waals surface area contributed by atoms with E-state index in [0.29, 0.717) is 26.3 Å². The zero-order valence-electron chi connectivity index (χ0n) is 11.0. The summed E-state index contributed by atoms with van der Waals surface area (Å²) in [5, 5.41) is 9.01. The van der Waals surface area contributed by atoms with Gasteiger partial charge in [0.25, 0.3) is 0 Å². The third-order valence-electron chi connectivity index (χ3n) is 3.01. The first kappa shape index (κ1) is 13.8. The molecule has 1 fully saturated rings. The largest absolute Gasteiger partial charge is 0.465 e. The van der Waals surface area contributed by atoms with Gasteiger partial charge < -0.3 is 19.5 Å². The van der Waals surface area contributed by atoms with E-state index in [9.17, 15) is 4.79 Å². The topological polar surface area (TPSA) is 59.0 Å². The van der Waals surface area contributed by atoms with Gasteiger partial charge in [0, 0.05) is 0 Å². The molecule has 1 amide bonds. The third-order valence-corrected chi connectivity index (χ3v) is 3.01. The van der Waals surface area contributed by atoms with E-state index in [4.69, 9.17) is 14.6 Å². The fourth-order valence-corrected chi connectivity index (χ4v) is 2.18. The second-order valence-electron chi connectivity index (χ2n) is 4.76. The minimum absolute atomic E-state index is 0.0878. The van der Waals surface area contributed by atoms with Crippen molar-refractivity contribution in [3.63, 3.8) is 0 Å². The van der Waals surface area contributed by atoms with E-state index in [0.717, 1.165) is 5.56 Å². The molecule has 104 valence electrons. The van der Waals surface area contributed by atoms with Crippen molar-refractivity contribution in [3.8, 4) is 0 Å². The lowest BCUT2D eigenvalue weighted by Crippen LogP contribution is -2.50. The third kappa shape index (κ3) is 4.22. The highest BCUT2D eigenvalue weighted by molar-refractivity contribution is 5.65. The Kier molecular flexibility index (Phi) is 4.76. The van der Waals surface area contributed by atoms with Gasteiger partial charge in [0.15, 0.2) is 0 Å². The Hall–Kier alpha value is -1.59. The molecule has 0 saturated carbocycles. The SMILES string of the molecule is C[C@@H]1CN(C(=O)O)C[C@@H](COCc2ccccc2)O1. The van der Waals surface area contributed by atoms with Gasteiger partial charge >= 0.3 is 6.09 Å². The molecule has 0 unspecified atom stereocenters. The maximum Gasteiger partial charge on any atom is 0.407 e. The van der Waals surface area contributed by atoms with Gasteiger partial charge in [0.2, 0.25) is 0 Å². The molecule has 1 aliphatic heterocycles. The fourth-order valence-electron chi connectivity index (χ4n) is 2.18. The van der Waals surface area contributed by atoms with E-state index in [1.807, 2.05) is 37.3 Å². The van der Waals surface area contributed by atoms with Crippen molar-refractivity contribution in [2.24, 2.45) is 0 Å². The van der Waals surface area contributed by atoms with Gasteiger partial charge in [-0.3, -0.25) is 0 Å². The Balaban J connectivity index is 1.77. The molecule has 5 heteroatoms. The molecule has 0 spiro atoms. The number of hydrogen-bond donors (Lipinski definition) is 1. The van der Waals surface area contributed by atoms with Crippen LogP contribution < -0.4 is 0 Å². The molecule has 0 radical (unpaired) electrons. The maximum absolute atomic E-state index is 11.0. The predicted molar refractivity (Wildman–Crippen MR) is 70.0 cm³/mol. The van der Waals surface area contributed by atoms with Crippen molar-refractivity contribution in [3.05, 3.63) is 35.9 Å². The second kappa shape index (κ2) is 6.54. The molecule has 0 aliphatic carbocycles. The number of carbonyl (C=O) groups is 1. The Bertz CT molecular complexity index is 409. The van der Waals surface area contributed by atoms with Crippen LogP contribution >= 0.6 is 0 Å². The van der Waals surface area contributed by atoms with Gasteiger partial charge in [-0.25, -0.2) is 4.79 Å². The smallest absolute Gasteiger partial charge is 0.407 e. The zero-order chi connectivity index (χ0) is 13.7. The summed E-state index contributed by atoms with van der Waals surface area (Å²) in [5.74, 6) is 0. The van der Waals surface area contributed by atoms with Crippen LogP contribution in [0.4, 0.5) is 4.79 Å². The van der Waals surface area contributed by atoms with Crippen molar-refractivity contribution in [2.45, 2.75) is 25.7 Å². The molecule has 1 aliphatic rings. The molecule has 19 heavy (non-hydrogen) atoms. The molecule has 5 nitrogen and oxygen atoms in total. The maximum atomic E-state index is 11.0. The van der Waals surface area contributed by atoms with Crippen molar-refractivity contribution in [1.82, 2.24) is 4.90 Å². The molecule has 0 bridgehead atoms. The molecular formula is C14H19NO4. The Morgan fingerprint density at radius 2 is 2.16 bits per heavy atom. The molecular weight excluding hydrogens is 246 g/mol. The summed E-state index contributed by atoms with van der Waals surface area (Å²) in [6.45, 7) is 3.59. The average Bonchev–Trinajstić information content (AvgIpc) is 2.39. The normalized spacial score (nSPS) is 23.3. The van der Waals surface area contributed by atoms with Crippen molar-refractivity contribution in [1.29, 1.82) is 0 Å². The number of ether oxygens (including phenoxy) is 2. The van der Waals surface area contributed by atoms with E-state index < -0.39 is 6.09 Å². The summed E-state index contributed by atoms with van der Waals surface area (Å²) in [6.07, 6.45) is -1.18. The number of rotatable bonds is 4. The standard InChI is InChI=1S/C14H19NO4/c1-11-7-15(14(16)17)8-13(19-11)10-18-9-12-5-3-2-4-6-12/h2-6,11,13H,7-10H2,1H3,(H,16,17)/t11-,13+/m1/s1. The zero-order valence-corrected chi connectivity index (χ0v) is 11.0. The highest BCUT2D eigenvalue weighted by atomic mass is 16.5. The van der Waals surface area contributed by atoms with Crippen molar-refractivity contribution in [2.75, 3.05) is 19.7 Å². The van der Waals surface area contributed by atoms with Crippen LogP contribution in [0, 0.1) is 0 Å². The van der Waals surface area contributed by atoms with Crippen LogP contribution in [0.2, 0.25) is 0 Å². The van der Waals surface area contributed by atoms with Crippen LogP contribution in [0.5, 0.6) is 0 Å². The van der Waals surface area contributed by atoms with Gasteiger partial charge in [-0.1, -0.05) is 30.3 Å². The average molecular weight is 265 g/mol. The first-order valence-electron chi connectivity index (χ1n) is 6.40. The quantitative estimate of drug-likeness (QED) is 0.904. The van der Waals surface area contributed by atoms with Crippen molar-refractivity contribution < 1.29 is 19.4 Å². The van der Waals surface area contributed by atoms with E-state index in [2.05, 4.69) is 0 Å². The van der Waals surface area contributed by atoms with E-state index in [1.165, 1.54) is 4.90 Å². The summed E-state index contributed by atoms with van der Waals surface area (Å²) in [6, 6.07) is 9.87. The minimum atomic E-state index is -0.900. The van der Waals surface area contributed by atoms with Gasteiger partial charge in [-0.05, 0) is 12.5 Å². The molecule has 1 aromatic rings. The molecule has 1 N–H and O–H groups in total. The highest BCUT2D eigenvalue weighted by Crippen LogP contribution is 2.12. The molecule has 1 aromatic carbocycles. The predicted octanol–water partition coefficient (Wildman–Crippen LogP) is 1.97. The van der Waals surface area contributed by atoms with Crippen LogP contribution in [0.15, 0.2) is 30.3 Å². The number of carboxylic acid groups (broad SMARTS) is 1. The monoisotopic (exact) mass is 265 g/mol. The van der Waals surface area contributed by atoms with E-state index >= 15 is 0 Å². The molecule has 2 rings (SSSR count). The number of benzene rings is 1. The van der Waals surface area contributed by atoms with E-state index in [-0.39, 0.29) is 12.2 Å². The van der Waals surface area contributed by atoms with Crippen LogP contribution in [-0.4, -0.2) is 48.0 Å². The summed E-state index contributed by atoms with van der Waals surface area (Å²) in [7, 11) is 0. The number of hydrogen-bond acceptors (Lipinski definition) is 3. The van der Waals surface area contributed by atoms with Crippen LogP contribution in [0.3, 0.4) is 0 Å². The van der Waals surface area contributed by atoms with Crippen LogP contribution in [0.1, 0.15) is 12.5 Å². The minimum Gasteiger partial charge on any atom is -0.465 e. The van der Waals surface area contributed by atoms with Crippen molar-refractivity contribution >= 4 is 6.09 Å². The van der Waals surface area contributed by atoms with Crippen LogP contribution in [0.25, 0.3) is 0 Å². The lowest BCUT2D eigenvalue weighted by molar-refractivity contribution is -0.102. The highest BCUT2D eigenvalue weighted by Gasteiger charge is 2.28. The molecule has 2 atom stereocenters. The summed E-state index contributed by atoms with van der Waals surface area (Å²) in [5.41, 5.74) is 1.10. The number of amides is 1. The second-order valence-corrected chi connectivity index (χ2v) is 4.76. The Morgan fingerprint density at radius 1 is 1.42 bits per heavy atom. The molecule has 1 saturated heterocycles. The van der Waals surface area contributed by atoms with Gasteiger partial charge in [-0.2, -0.15) is 0 Å². The first-order chi connectivity index (χ1) is 9.15.